The molecule has 0 unspecified atom stereocenters. The molecule has 1 aromatic carbocycles. The molecule has 0 aliphatic heterocycles. The molecule has 0 bridgehead atoms. The Kier molecular flexibility index (Phi) is 4.07. The van der Waals surface area contributed by atoms with Crippen LogP contribution in [0, 0.1) is 5.82 Å². The van der Waals surface area contributed by atoms with E-state index in [-0.39, 0.29) is 5.02 Å². The van der Waals surface area contributed by atoms with Gasteiger partial charge in [-0.15, -0.1) is 0 Å². The van der Waals surface area contributed by atoms with Crippen molar-refractivity contribution in [2.75, 3.05) is 0 Å². The van der Waals surface area contributed by atoms with Crippen LogP contribution < -0.4 is 4.72 Å². The van der Waals surface area contributed by atoms with Crippen molar-refractivity contribution < 1.29 is 22.7 Å². The molecule has 94 valence electrons. The Morgan fingerprint density at radius 3 is 2.59 bits per heavy atom. The largest absolute Gasteiger partial charge is 0.480 e. The molecule has 1 rings (SSSR count). The monoisotopic (exact) mass is 281 g/mol. The molecular formula is C9H9ClFNO4S. The molecule has 0 fully saturated rings. The summed E-state index contributed by atoms with van der Waals surface area (Å²) in [5, 5.41) is 8.61. The summed E-state index contributed by atoms with van der Waals surface area (Å²) in [5.74, 6) is -2.40. The van der Waals surface area contributed by atoms with Crippen LogP contribution in [0.2, 0.25) is 5.02 Å². The van der Waals surface area contributed by atoms with Crippen molar-refractivity contribution in [2.45, 2.75) is 17.9 Å². The summed E-state index contributed by atoms with van der Waals surface area (Å²) in [4.78, 5) is 9.86. The average molecular weight is 282 g/mol. The fraction of sp³-hybridized carbons (Fsp3) is 0.222. The summed E-state index contributed by atoms with van der Waals surface area (Å²) in [6, 6.07) is 1.65. The number of nitrogens with one attached hydrogen (secondary N) is 1. The second-order valence-electron chi connectivity index (χ2n) is 3.26. The number of hydrogen-bond acceptors (Lipinski definition) is 3. The average Bonchev–Trinajstić information content (AvgIpc) is 2.15. The minimum absolute atomic E-state index is 0.0488. The lowest BCUT2D eigenvalue weighted by molar-refractivity contribution is -0.138. The van der Waals surface area contributed by atoms with Gasteiger partial charge in [-0.3, -0.25) is 4.79 Å². The van der Waals surface area contributed by atoms with Gasteiger partial charge in [0.25, 0.3) is 0 Å². The molecule has 0 amide bonds. The summed E-state index contributed by atoms with van der Waals surface area (Å²) in [6.07, 6.45) is 0. The van der Waals surface area contributed by atoms with Gasteiger partial charge >= 0.3 is 5.97 Å². The summed E-state index contributed by atoms with van der Waals surface area (Å²) in [6.45, 7) is 1.13. The fourth-order valence-corrected chi connectivity index (χ4v) is 2.45. The Balaban J connectivity index is 3.10. The summed E-state index contributed by atoms with van der Waals surface area (Å²) in [7, 11) is -4.22. The van der Waals surface area contributed by atoms with Gasteiger partial charge in [-0.2, -0.15) is 4.72 Å². The molecule has 1 aromatic rings. The number of halogens is 2. The predicted octanol–water partition coefficient (Wildman–Crippen LogP) is 1.23. The zero-order valence-corrected chi connectivity index (χ0v) is 10.2. The maximum absolute atomic E-state index is 13.3. The Labute approximate surface area is 102 Å². The minimum Gasteiger partial charge on any atom is -0.480 e. The Morgan fingerprint density at radius 1 is 1.53 bits per heavy atom. The summed E-state index contributed by atoms with van der Waals surface area (Å²) in [5.41, 5.74) is 0. The quantitative estimate of drug-likeness (QED) is 0.869. The van der Waals surface area contributed by atoms with Crippen LogP contribution in [0.3, 0.4) is 0 Å². The van der Waals surface area contributed by atoms with E-state index in [1.54, 1.807) is 0 Å². The Morgan fingerprint density at radius 2 is 2.12 bits per heavy atom. The van der Waals surface area contributed by atoms with E-state index in [2.05, 4.69) is 0 Å². The van der Waals surface area contributed by atoms with Crippen LogP contribution in [0.1, 0.15) is 6.92 Å². The number of rotatable bonds is 4. The highest BCUT2D eigenvalue weighted by atomic mass is 35.5. The van der Waals surface area contributed by atoms with E-state index in [0.717, 1.165) is 19.1 Å². The highest BCUT2D eigenvalue weighted by Gasteiger charge is 2.24. The molecule has 0 spiro atoms. The van der Waals surface area contributed by atoms with E-state index < -0.39 is 32.7 Å². The zero-order chi connectivity index (χ0) is 13.2. The number of carboxylic acid groups (broad SMARTS) is 1. The molecule has 2 N–H and O–H groups in total. The number of hydrogen-bond donors (Lipinski definition) is 2. The third kappa shape index (κ3) is 3.39. The van der Waals surface area contributed by atoms with Crippen LogP contribution in [0.4, 0.5) is 4.39 Å². The van der Waals surface area contributed by atoms with Gasteiger partial charge in [-0.25, -0.2) is 12.8 Å². The lowest BCUT2D eigenvalue weighted by Gasteiger charge is -2.10. The molecule has 0 radical (unpaired) electrons. The first-order valence-corrected chi connectivity index (χ1v) is 6.30. The number of sulfonamides is 1. The number of benzene rings is 1. The van der Waals surface area contributed by atoms with E-state index in [0.29, 0.717) is 0 Å². The lowest BCUT2D eigenvalue weighted by atomic mass is 10.3. The van der Waals surface area contributed by atoms with Gasteiger partial charge < -0.3 is 5.11 Å². The molecule has 0 aliphatic rings. The van der Waals surface area contributed by atoms with Gasteiger partial charge in [0.2, 0.25) is 10.0 Å². The first kappa shape index (κ1) is 13.9. The van der Waals surface area contributed by atoms with E-state index in [1.807, 2.05) is 4.72 Å². The van der Waals surface area contributed by atoms with Crippen molar-refractivity contribution >= 4 is 27.6 Å². The smallest absolute Gasteiger partial charge is 0.321 e. The number of carbonyl (C=O) groups is 1. The van der Waals surface area contributed by atoms with Gasteiger partial charge in [-0.05, 0) is 25.1 Å². The lowest BCUT2D eigenvalue weighted by Crippen LogP contribution is -2.38. The highest BCUT2D eigenvalue weighted by Crippen LogP contribution is 2.18. The topological polar surface area (TPSA) is 83.5 Å². The summed E-state index contributed by atoms with van der Waals surface area (Å²) >= 11 is 5.47. The predicted molar refractivity (Wildman–Crippen MR) is 58.8 cm³/mol. The standard InChI is InChI=1S/C9H9ClFNO4S/c1-5(9(13)14)12-17(15,16)8-3-2-6(10)4-7(8)11/h2-5,12H,1H3,(H,13,14)/t5-/m1/s1. The van der Waals surface area contributed by atoms with Crippen molar-refractivity contribution in [3.05, 3.63) is 29.0 Å². The van der Waals surface area contributed by atoms with Crippen molar-refractivity contribution in [3.8, 4) is 0 Å². The van der Waals surface area contributed by atoms with Crippen LogP contribution in [0.15, 0.2) is 23.1 Å². The van der Waals surface area contributed by atoms with Crippen LogP contribution >= 0.6 is 11.6 Å². The van der Waals surface area contributed by atoms with E-state index in [9.17, 15) is 17.6 Å². The molecule has 0 saturated carbocycles. The van der Waals surface area contributed by atoms with E-state index in [4.69, 9.17) is 16.7 Å². The van der Waals surface area contributed by atoms with Crippen LogP contribution in [-0.2, 0) is 14.8 Å². The first-order chi connectivity index (χ1) is 7.74. The van der Waals surface area contributed by atoms with Crippen molar-refractivity contribution in [3.63, 3.8) is 0 Å². The second-order valence-corrected chi connectivity index (χ2v) is 5.37. The molecule has 0 saturated heterocycles. The van der Waals surface area contributed by atoms with Crippen LogP contribution in [-0.4, -0.2) is 25.5 Å². The van der Waals surface area contributed by atoms with Gasteiger partial charge in [0.15, 0.2) is 0 Å². The molecule has 0 heterocycles. The molecule has 8 heteroatoms. The molecular weight excluding hydrogens is 273 g/mol. The highest BCUT2D eigenvalue weighted by molar-refractivity contribution is 7.89. The molecule has 17 heavy (non-hydrogen) atoms. The van der Waals surface area contributed by atoms with E-state index >= 15 is 0 Å². The van der Waals surface area contributed by atoms with Gasteiger partial charge in [0.1, 0.15) is 16.8 Å². The zero-order valence-electron chi connectivity index (χ0n) is 8.65. The molecule has 0 aliphatic carbocycles. The molecule has 0 aromatic heterocycles. The third-order valence-corrected chi connectivity index (χ3v) is 3.69. The SMILES string of the molecule is C[C@@H](NS(=O)(=O)c1ccc(Cl)cc1F)C(=O)O. The Hall–Kier alpha value is -1.18. The molecule has 1 atom stereocenters. The minimum atomic E-state index is -4.22. The number of carboxylic acids is 1. The van der Waals surface area contributed by atoms with Gasteiger partial charge in [0.05, 0.1) is 0 Å². The van der Waals surface area contributed by atoms with Crippen LogP contribution in [0.5, 0.6) is 0 Å². The van der Waals surface area contributed by atoms with E-state index in [1.165, 1.54) is 6.07 Å². The van der Waals surface area contributed by atoms with Crippen LogP contribution in [0.25, 0.3) is 0 Å². The maximum atomic E-state index is 13.3. The third-order valence-electron chi connectivity index (χ3n) is 1.89. The normalized spacial score (nSPS) is 13.4. The summed E-state index contributed by atoms with van der Waals surface area (Å²) < 4.78 is 38.4. The van der Waals surface area contributed by atoms with Crippen molar-refractivity contribution in [2.24, 2.45) is 0 Å². The fourth-order valence-electron chi connectivity index (χ4n) is 1.04. The van der Waals surface area contributed by atoms with Crippen molar-refractivity contribution in [1.82, 2.24) is 4.72 Å². The first-order valence-electron chi connectivity index (χ1n) is 4.44. The number of aliphatic carboxylic acids is 1. The molecule has 5 nitrogen and oxygen atoms in total. The second kappa shape index (κ2) is 4.99. The maximum Gasteiger partial charge on any atom is 0.321 e. The van der Waals surface area contributed by atoms with Crippen molar-refractivity contribution in [1.29, 1.82) is 0 Å². The van der Waals surface area contributed by atoms with Gasteiger partial charge in [0, 0.05) is 5.02 Å². The van der Waals surface area contributed by atoms with Gasteiger partial charge in [-0.1, -0.05) is 11.6 Å². The Bertz CT molecular complexity index is 546.